The van der Waals surface area contributed by atoms with Crippen molar-refractivity contribution in [2.24, 2.45) is 0 Å². The zero-order valence-corrected chi connectivity index (χ0v) is 22.2. The standard InChI is InChI=1S/C33H33N3O3/c1-39-29-18-15-27(16-19-29)34-32(37)31-20-17-28-22-36(30-10-6-5-9-26(30)21-35(28)31)33(38)25-13-11-24(12-14-25)23-7-3-2-4-8-23/h5-6,9-20,23H,2-4,7-8,21-22H2,1H3,(H,34,37). The zero-order valence-electron chi connectivity index (χ0n) is 22.2. The molecule has 0 radical (unpaired) electrons. The van der Waals surface area contributed by atoms with Gasteiger partial charge in [-0.1, -0.05) is 49.6 Å². The Morgan fingerprint density at radius 3 is 2.31 bits per heavy atom. The Bertz CT molecular complexity index is 1480. The Morgan fingerprint density at radius 1 is 0.821 bits per heavy atom. The molecule has 3 aromatic carbocycles. The molecular weight excluding hydrogens is 486 g/mol. The summed E-state index contributed by atoms with van der Waals surface area (Å²) < 4.78 is 7.22. The Hall–Kier alpha value is -4.32. The molecule has 6 heteroatoms. The Balaban J connectivity index is 1.27. The number of nitrogens with zero attached hydrogens (tertiary/aromatic N) is 2. The van der Waals surface area contributed by atoms with Gasteiger partial charge in [-0.3, -0.25) is 9.59 Å². The van der Waals surface area contributed by atoms with Gasteiger partial charge in [0.25, 0.3) is 11.8 Å². The van der Waals surface area contributed by atoms with Gasteiger partial charge in [-0.05, 0) is 84.5 Å². The molecule has 1 aromatic heterocycles. The summed E-state index contributed by atoms with van der Waals surface area (Å²) in [6.45, 7) is 0.893. The second kappa shape index (κ2) is 10.8. The fourth-order valence-electron chi connectivity index (χ4n) is 5.90. The van der Waals surface area contributed by atoms with E-state index in [9.17, 15) is 9.59 Å². The molecule has 2 amide bonds. The molecule has 0 spiro atoms. The number of methoxy groups -OCH3 is 1. The number of aromatic nitrogens is 1. The first kappa shape index (κ1) is 25.0. The molecule has 1 aliphatic carbocycles. The van der Waals surface area contributed by atoms with E-state index in [4.69, 9.17) is 4.74 Å². The van der Waals surface area contributed by atoms with Crippen molar-refractivity contribution in [3.8, 4) is 5.75 Å². The van der Waals surface area contributed by atoms with Crippen LogP contribution in [0.2, 0.25) is 0 Å². The van der Waals surface area contributed by atoms with E-state index in [2.05, 4.69) is 17.4 Å². The van der Waals surface area contributed by atoms with E-state index in [-0.39, 0.29) is 11.8 Å². The maximum atomic E-state index is 13.9. The van der Waals surface area contributed by atoms with Crippen LogP contribution in [0.15, 0.2) is 84.9 Å². The number of hydrogen-bond donors (Lipinski definition) is 1. The van der Waals surface area contributed by atoms with E-state index >= 15 is 0 Å². The van der Waals surface area contributed by atoms with Gasteiger partial charge < -0.3 is 19.5 Å². The summed E-state index contributed by atoms with van der Waals surface area (Å²) in [5.41, 5.74) is 6.06. The van der Waals surface area contributed by atoms with Crippen LogP contribution in [0, 0.1) is 0 Å². The molecule has 2 heterocycles. The Morgan fingerprint density at radius 2 is 1.56 bits per heavy atom. The SMILES string of the molecule is COc1ccc(NC(=O)c2ccc3n2Cc2ccccc2N(C(=O)c2ccc(C4CCCCC4)cc2)C3)cc1. The number of anilines is 2. The highest BCUT2D eigenvalue weighted by atomic mass is 16.5. The molecule has 1 fully saturated rings. The topological polar surface area (TPSA) is 63.6 Å². The van der Waals surface area contributed by atoms with Crippen LogP contribution >= 0.6 is 0 Å². The normalized spacial score (nSPS) is 15.2. The smallest absolute Gasteiger partial charge is 0.272 e. The quantitative estimate of drug-likeness (QED) is 0.309. The average molecular weight is 520 g/mol. The van der Waals surface area contributed by atoms with Gasteiger partial charge in [0.15, 0.2) is 0 Å². The van der Waals surface area contributed by atoms with Gasteiger partial charge in [-0.15, -0.1) is 0 Å². The minimum absolute atomic E-state index is 0.0310. The Kier molecular flexibility index (Phi) is 6.93. The second-order valence-electron chi connectivity index (χ2n) is 10.5. The third-order valence-electron chi connectivity index (χ3n) is 8.06. The predicted molar refractivity (Wildman–Crippen MR) is 154 cm³/mol. The van der Waals surface area contributed by atoms with E-state index < -0.39 is 0 Å². The van der Waals surface area contributed by atoms with Gasteiger partial charge in [0.05, 0.1) is 20.2 Å². The lowest BCUT2D eigenvalue weighted by molar-refractivity contribution is 0.0984. The van der Waals surface area contributed by atoms with Gasteiger partial charge in [0.1, 0.15) is 11.4 Å². The summed E-state index contributed by atoms with van der Waals surface area (Å²) >= 11 is 0. The van der Waals surface area contributed by atoms with Gasteiger partial charge in [-0.2, -0.15) is 0 Å². The van der Waals surface area contributed by atoms with Crippen LogP contribution in [-0.4, -0.2) is 23.5 Å². The largest absolute Gasteiger partial charge is 0.497 e. The maximum absolute atomic E-state index is 13.9. The molecule has 6 nitrogen and oxygen atoms in total. The molecule has 198 valence electrons. The van der Waals surface area contributed by atoms with Gasteiger partial charge in [0.2, 0.25) is 0 Å². The molecule has 6 rings (SSSR count). The van der Waals surface area contributed by atoms with E-state index in [1.165, 1.54) is 37.7 Å². The molecule has 0 saturated heterocycles. The van der Waals surface area contributed by atoms with Crippen molar-refractivity contribution in [1.82, 2.24) is 4.57 Å². The average Bonchev–Trinajstić information content (AvgIpc) is 3.31. The lowest BCUT2D eigenvalue weighted by Crippen LogP contribution is -2.30. The number of amides is 2. The van der Waals surface area contributed by atoms with E-state index in [1.54, 1.807) is 7.11 Å². The number of hydrogen-bond acceptors (Lipinski definition) is 3. The van der Waals surface area contributed by atoms with Crippen LogP contribution in [-0.2, 0) is 13.1 Å². The van der Waals surface area contributed by atoms with Gasteiger partial charge in [-0.25, -0.2) is 0 Å². The summed E-state index contributed by atoms with van der Waals surface area (Å²) in [5.74, 6) is 1.11. The molecule has 1 saturated carbocycles. The summed E-state index contributed by atoms with van der Waals surface area (Å²) in [7, 11) is 1.61. The molecule has 39 heavy (non-hydrogen) atoms. The molecule has 1 aliphatic heterocycles. The number of benzene rings is 3. The molecule has 2 aliphatic rings. The number of ether oxygens (including phenoxy) is 1. The minimum Gasteiger partial charge on any atom is -0.497 e. The van der Waals surface area contributed by atoms with Crippen LogP contribution in [0.4, 0.5) is 11.4 Å². The van der Waals surface area contributed by atoms with Crippen LogP contribution in [0.1, 0.15) is 75.7 Å². The van der Waals surface area contributed by atoms with Crippen molar-refractivity contribution >= 4 is 23.2 Å². The third kappa shape index (κ3) is 5.07. The minimum atomic E-state index is -0.193. The number of nitrogens with one attached hydrogen (secondary N) is 1. The van der Waals surface area contributed by atoms with Crippen molar-refractivity contribution < 1.29 is 14.3 Å². The van der Waals surface area contributed by atoms with Crippen molar-refractivity contribution in [2.75, 3.05) is 17.3 Å². The molecule has 0 bridgehead atoms. The lowest BCUT2D eigenvalue weighted by atomic mass is 9.84. The van der Waals surface area contributed by atoms with Crippen molar-refractivity contribution in [2.45, 2.75) is 51.1 Å². The summed E-state index contributed by atoms with van der Waals surface area (Å²) in [5, 5.41) is 2.99. The summed E-state index contributed by atoms with van der Waals surface area (Å²) in [6, 6.07) is 27.2. The second-order valence-corrected chi connectivity index (χ2v) is 10.5. The number of fused-ring (bicyclic) bond motifs is 2. The Labute approximate surface area is 229 Å². The highest BCUT2D eigenvalue weighted by molar-refractivity contribution is 6.07. The van der Waals surface area contributed by atoms with Crippen molar-refractivity contribution in [3.63, 3.8) is 0 Å². The number of para-hydroxylation sites is 1. The number of carbonyl (C=O) groups is 2. The first-order chi connectivity index (χ1) is 19.1. The maximum Gasteiger partial charge on any atom is 0.272 e. The monoisotopic (exact) mass is 519 g/mol. The third-order valence-corrected chi connectivity index (χ3v) is 8.06. The fourth-order valence-corrected chi connectivity index (χ4v) is 5.90. The van der Waals surface area contributed by atoms with Crippen molar-refractivity contribution in [3.05, 3.63) is 113 Å². The molecular formula is C33H33N3O3. The molecule has 0 unspecified atom stereocenters. The summed E-state index contributed by atoms with van der Waals surface area (Å²) in [6.07, 6.45) is 6.37. The summed E-state index contributed by atoms with van der Waals surface area (Å²) in [4.78, 5) is 29.0. The fraction of sp³-hybridized carbons (Fsp3) is 0.273. The van der Waals surface area contributed by atoms with E-state index in [0.717, 1.165) is 22.7 Å². The first-order valence-corrected chi connectivity index (χ1v) is 13.7. The first-order valence-electron chi connectivity index (χ1n) is 13.7. The highest BCUT2D eigenvalue weighted by Gasteiger charge is 2.27. The van der Waals surface area contributed by atoms with Gasteiger partial charge >= 0.3 is 0 Å². The predicted octanol–water partition coefficient (Wildman–Crippen LogP) is 7.01. The van der Waals surface area contributed by atoms with Crippen LogP contribution in [0.5, 0.6) is 5.75 Å². The van der Waals surface area contributed by atoms with Gasteiger partial charge in [0, 0.05) is 22.6 Å². The molecule has 0 atom stereocenters. The van der Waals surface area contributed by atoms with E-state index in [1.807, 2.05) is 82.3 Å². The van der Waals surface area contributed by atoms with Crippen LogP contribution in [0.3, 0.4) is 0 Å². The van der Waals surface area contributed by atoms with Crippen LogP contribution in [0.25, 0.3) is 0 Å². The van der Waals surface area contributed by atoms with Crippen LogP contribution < -0.4 is 15.0 Å². The van der Waals surface area contributed by atoms with Crippen molar-refractivity contribution in [1.29, 1.82) is 0 Å². The molecule has 1 N–H and O–H groups in total. The zero-order chi connectivity index (χ0) is 26.8. The van der Waals surface area contributed by atoms with E-state index in [0.29, 0.717) is 36.0 Å². The lowest BCUT2D eigenvalue weighted by Gasteiger charge is -2.24. The highest BCUT2D eigenvalue weighted by Crippen LogP contribution is 2.34. The number of carbonyl (C=O) groups excluding carboxylic acids is 2. The molecule has 4 aromatic rings. The number of rotatable bonds is 5.